The first kappa shape index (κ1) is 12.6. The number of rotatable bonds is 2. The molecule has 1 N–H and O–H groups in total. The monoisotopic (exact) mass is 273 g/mol. The second-order valence-electron chi connectivity index (χ2n) is 5.57. The number of aromatic amines is 1. The zero-order valence-corrected chi connectivity index (χ0v) is 12.2. The van der Waals surface area contributed by atoms with E-state index >= 15 is 0 Å². The molecule has 0 aliphatic heterocycles. The summed E-state index contributed by atoms with van der Waals surface area (Å²) >= 11 is 5.45. The Labute approximate surface area is 118 Å². The minimum absolute atomic E-state index is 0.469. The van der Waals surface area contributed by atoms with Crippen LogP contribution in [0.4, 0.5) is 0 Å². The lowest BCUT2D eigenvalue weighted by Crippen LogP contribution is -2.15. The minimum atomic E-state index is 0.469. The molecule has 100 valence electrons. The maximum absolute atomic E-state index is 5.45. The highest BCUT2D eigenvalue weighted by molar-refractivity contribution is 7.71. The predicted molar refractivity (Wildman–Crippen MR) is 79.4 cm³/mol. The molecule has 2 aromatic rings. The molecule has 4 heteroatoms. The van der Waals surface area contributed by atoms with Crippen LogP contribution < -0.4 is 0 Å². The number of hydrogen-bond donors (Lipinski definition) is 1. The van der Waals surface area contributed by atoms with Crippen LogP contribution in [-0.4, -0.2) is 14.8 Å². The zero-order chi connectivity index (χ0) is 13.4. The van der Waals surface area contributed by atoms with E-state index in [1.54, 1.807) is 0 Å². The topological polar surface area (TPSA) is 33.6 Å². The van der Waals surface area contributed by atoms with E-state index in [9.17, 15) is 0 Å². The third-order valence-electron chi connectivity index (χ3n) is 4.49. The molecule has 1 fully saturated rings. The standard InChI is InChI=1S/C15H19N3S/c1-10-8-9-13(11(10)2)18-14(16-17-15(18)19)12-6-4-3-5-7-12/h3-7,10-11,13H,8-9H2,1-2H3,(H,17,19). The fourth-order valence-corrected chi connectivity index (χ4v) is 3.37. The third-order valence-corrected chi connectivity index (χ3v) is 4.78. The quantitative estimate of drug-likeness (QED) is 0.831. The van der Waals surface area contributed by atoms with Gasteiger partial charge in [0, 0.05) is 11.6 Å². The van der Waals surface area contributed by atoms with Crippen molar-refractivity contribution in [3.63, 3.8) is 0 Å². The van der Waals surface area contributed by atoms with Crippen molar-refractivity contribution in [2.24, 2.45) is 11.8 Å². The highest BCUT2D eigenvalue weighted by Crippen LogP contribution is 2.41. The van der Waals surface area contributed by atoms with Gasteiger partial charge < -0.3 is 0 Å². The van der Waals surface area contributed by atoms with Crippen LogP contribution in [0.3, 0.4) is 0 Å². The van der Waals surface area contributed by atoms with Crippen LogP contribution in [0.2, 0.25) is 0 Å². The molecule has 0 spiro atoms. The largest absolute Gasteiger partial charge is 0.297 e. The fraction of sp³-hybridized carbons (Fsp3) is 0.467. The molecule has 3 rings (SSSR count). The lowest BCUT2D eigenvalue weighted by molar-refractivity contribution is 0.352. The summed E-state index contributed by atoms with van der Waals surface area (Å²) in [5.41, 5.74) is 1.13. The number of aromatic nitrogens is 3. The fourth-order valence-electron chi connectivity index (χ4n) is 3.11. The van der Waals surface area contributed by atoms with Crippen molar-refractivity contribution in [1.82, 2.24) is 14.8 Å². The van der Waals surface area contributed by atoms with Gasteiger partial charge in [0.2, 0.25) is 0 Å². The van der Waals surface area contributed by atoms with E-state index in [-0.39, 0.29) is 0 Å². The van der Waals surface area contributed by atoms with Crippen molar-refractivity contribution in [3.05, 3.63) is 35.1 Å². The zero-order valence-electron chi connectivity index (χ0n) is 11.3. The summed E-state index contributed by atoms with van der Waals surface area (Å²) in [4.78, 5) is 0. The molecule has 0 radical (unpaired) electrons. The van der Waals surface area contributed by atoms with Gasteiger partial charge in [0.25, 0.3) is 0 Å². The van der Waals surface area contributed by atoms with E-state index in [1.807, 2.05) is 18.2 Å². The van der Waals surface area contributed by atoms with Gasteiger partial charge >= 0.3 is 0 Å². The van der Waals surface area contributed by atoms with Crippen molar-refractivity contribution in [2.45, 2.75) is 32.7 Å². The molecule has 1 aromatic heterocycles. The lowest BCUT2D eigenvalue weighted by atomic mass is 9.97. The second kappa shape index (κ2) is 4.93. The first-order valence-electron chi connectivity index (χ1n) is 6.91. The summed E-state index contributed by atoms with van der Waals surface area (Å²) in [7, 11) is 0. The number of nitrogens with one attached hydrogen (secondary N) is 1. The van der Waals surface area contributed by atoms with Gasteiger partial charge in [-0.25, -0.2) is 0 Å². The Morgan fingerprint density at radius 2 is 1.95 bits per heavy atom. The minimum Gasteiger partial charge on any atom is -0.297 e. The average molecular weight is 273 g/mol. The Balaban J connectivity index is 2.08. The van der Waals surface area contributed by atoms with Gasteiger partial charge in [0.1, 0.15) is 0 Å². The SMILES string of the molecule is CC1CCC(n2c(-c3ccccc3)n[nH]c2=S)C1C. The molecular weight excluding hydrogens is 254 g/mol. The molecule has 1 heterocycles. The summed E-state index contributed by atoms with van der Waals surface area (Å²) in [5.74, 6) is 2.37. The Hall–Kier alpha value is -1.42. The van der Waals surface area contributed by atoms with Crippen LogP contribution in [0.25, 0.3) is 11.4 Å². The van der Waals surface area contributed by atoms with Crippen LogP contribution in [0.15, 0.2) is 30.3 Å². The summed E-state index contributed by atoms with van der Waals surface area (Å²) < 4.78 is 2.96. The molecule has 3 unspecified atom stereocenters. The van der Waals surface area contributed by atoms with Crippen molar-refractivity contribution >= 4 is 12.2 Å². The van der Waals surface area contributed by atoms with Crippen molar-refractivity contribution in [3.8, 4) is 11.4 Å². The molecule has 3 nitrogen and oxygen atoms in total. The second-order valence-corrected chi connectivity index (χ2v) is 5.96. The van der Waals surface area contributed by atoms with E-state index in [0.717, 1.165) is 22.1 Å². The van der Waals surface area contributed by atoms with E-state index in [1.165, 1.54) is 12.8 Å². The van der Waals surface area contributed by atoms with E-state index in [2.05, 4.69) is 40.7 Å². The van der Waals surface area contributed by atoms with Crippen LogP contribution in [-0.2, 0) is 0 Å². The van der Waals surface area contributed by atoms with Crippen molar-refractivity contribution < 1.29 is 0 Å². The summed E-state index contributed by atoms with van der Waals surface area (Å²) in [5, 5.41) is 7.40. The number of nitrogens with zero attached hydrogens (tertiary/aromatic N) is 2. The lowest BCUT2D eigenvalue weighted by Gasteiger charge is -2.21. The maximum Gasteiger partial charge on any atom is 0.195 e. The van der Waals surface area contributed by atoms with Gasteiger partial charge in [-0.2, -0.15) is 5.10 Å². The molecule has 1 saturated carbocycles. The molecule has 0 amide bonds. The molecule has 19 heavy (non-hydrogen) atoms. The number of H-pyrrole nitrogens is 1. The summed E-state index contributed by atoms with van der Waals surface area (Å²) in [6.07, 6.45) is 2.46. The molecular formula is C15H19N3S. The van der Waals surface area contributed by atoms with Crippen LogP contribution in [0.5, 0.6) is 0 Å². The maximum atomic E-state index is 5.45. The summed E-state index contributed by atoms with van der Waals surface area (Å²) in [6, 6.07) is 10.7. The first-order valence-corrected chi connectivity index (χ1v) is 7.31. The van der Waals surface area contributed by atoms with Gasteiger partial charge in [0.15, 0.2) is 10.6 Å². The van der Waals surface area contributed by atoms with Crippen LogP contribution >= 0.6 is 12.2 Å². The molecule has 0 bridgehead atoms. The Bertz CT molecular complexity index is 614. The Kier molecular flexibility index (Phi) is 3.27. The summed E-state index contributed by atoms with van der Waals surface area (Å²) in [6.45, 7) is 4.66. The van der Waals surface area contributed by atoms with Crippen LogP contribution in [0, 0.1) is 16.6 Å². The van der Waals surface area contributed by atoms with Crippen LogP contribution in [0.1, 0.15) is 32.7 Å². The van der Waals surface area contributed by atoms with Gasteiger partial charge in [-0.15, -0.1) is 0 Å². The Morgan fingerprint density at radius 1 is 1.21 bits per heavy atom. The van der Waals surface area contributed by atoms with Crippen molar-refractivity contribution in [2.75, 3.05) is 0 Å². The molecule has 1 aliphatic carbocycles. The van der Waals surface area contributed by atoms with Gasteiger partial charge in [-0.3, -0.25) is 9.67 Å². The van der Waals surface area contributed by atoms with E-state index < -0.39 is 0 Å². The predicted octanol–water partition coefficient (Wildman–Crippen LogP) is 4.21. The number of benzene rings is 1. The van der Waals surface area contributed by atoms with Crippen molar-refractivity contribution in [1.29, 1.82) is 0 Å². The highest BCUT2D eigenvalue weighted by atomic mass is 32.1. The molecule has 1 aliphatic rings. The Morgan fingerprint density at radius 3 is 2.58 bits per heavy atom. The van der Waals surface area contributed by atoms with Gasteiger partial charge in [0.05, 0.1) is 0 Å². The molecule has 3 atom stereocenters. The molecule has 1 aromatic carbocycles. The third kappa shape index (κ3) is 2.14. The van der Waals surface area contributed by atoms with E-state index in [4.69, 9.17) is 12.2 Å². The first-order chi connectivity index (χ1) is 9.18. The van der Waals surface area contributed by atoms with E-state index in [0.29, 0.717) is 12.0 Å². The number of hydrogen-bond acceptors (Lipinski definition) is 2. The highest BCUT2D eigenvalue weighted by Gasteiger charge is 2.33. The average Bonchev–Trinajstić information content (AvgIpc) is 2.95. The normalized spacial score (nSPS) is 26.7. The smallest absolute Gasteiger partial charge is 0.195 e. The molecule has 0 saturated heterocycles. The van der Waals surface area contributed by atoms with Gasteiger partial charge in [-0.1, -0.05) is 44.2 Å². The van der Waals surface area contributed by atoms with Gasteiger partial charge in [-0.05, 0) is 36.9 Å².